The second-order valence-electron chi connectivity index (χ2n) is 6.71. The summed E-state index contributed by atoms with van der Waals surface area (Å²) < 4.78 is 1.13. The smallest absolute Gasteiger partial charge is 0.191 e. The van der Waals surface area contributed by atoms with Crippen LogP contribution in [0.4, 0.5) is 5.69 Å². The van der Waals surface area contributed by atoms with Gasteiger partial charge < -0.3 is 15.5 Å². The van der Waals surface area contributed by atoms with Crippen LogP contribution >= 0.6 is 39.9 Å². The summed E-state index contributed by atoms with van der Waals surface area (Å²) >= 11 is 3.50. The van der Waals surface area contributed by atoms with Gasteiger partial charge in [-0.1, -0.05) is 29.8 Å². The van der Waals surface area contributed by atoms with Gasteiger partial charge in [0.2, 0.25) is 0 Å². The Morgan fingerprint density at radius 3 is 2.54 bits per heavy atom. The van der Waals surface area contributed by atoms with Gasteiger partial charge in [0.1, 0.15) is 0 Å². The van der Waals surface area contributed by atoms with Crippen molar-refractivity contribution in [1.29, 1.82) is 0 Å². The van der Waals surface area contributed by atoms with Gasteiger partial charge in [0.15, 0.2) is 5.96 Å². The first-order chi connectivity index (χ1) is 11.0. The number of rotatable bonds is 5. The van der Waals surface area contributed by atoms with E-state index >= 15 is 0 Å². The molecule has 1 aliphatic rings. The molecule has 1 aromatic rings. The number of halogens is 2. The first-order valence-corrected chi connectivity index (χ1v) is 9.26. The first kappa shape index (κ1) is 21.5. The Morgan fingerprint density at radius 2 is 1.96 bits per heavy atom. The molecule has 0 aliphatic carbocycles. The summed E-state index contributed by atoms with van der Waals surface area (Å²) in [6.07, 6.45) is 1.22. The van der Waals surface area contributed by atoms with Gasteiger partial charge in [-0.15, -0.1) is 24.0 Å². The van der Waals surface area contributed by atoms with Gasteiger partial charge >= 0.3 is 0 Å². The van der Waals surface area contributed by atoms with Crippen molar-refractivity contribution >= 4 is 51.6 Å². The predicted octanol–water partition coefficient (Wildman–Crippen LogP) is 4.10. The van der Waals surface area contributed by atoms with Crippen LogP contribution in [-0.2, 0) is 0 Å². The molecule has 24 heavy (non-hydrogen) atoms. The number of aliphatic imine (C=N–C) groups is 1. The summed E-state index contributed by atoms with van der Waals surface area (Å²) in [6, 6.07) is 9.01. The van der Waals surface area contributed by atoms with E-state index in [4.69, 9.17) is 0 Å². The molecule has 1 fully saturated rings. The van der Waals surface area contributed by atoms with Gasteiger partial charge in [0, 0.05) is 42.9 Å². The molecule has 1 saturated heterocycles. The maximum Gasteiger partial charge on any atom is 0.191 e. The fraction of sp³-hybridized carbons (Fsp3) is 0.611. The van der Waals surface area contributed by atoms with Crippen molar-refractivity contribution in [2.45, 2.75) is 33.2 Å². The highest BCUT2D eigenvalue weighted by atomic mass is 127. The lowest BCUT2D eigenvalue weighted by atomic mass is 10.1. The van der Waals surface area contributed by atoms with E-state index in [2.05, 4.69) is 81.5 Å². The lowest BCUT2D eigenvalue weighted by molar-refractivity contribution is 0.476. The second-order valence-corrected chi connectivity index (χ2v) is 7.62. The highest BCUT2D eigenvalue weighted by Crippen LogP contribution is 2.24. The molecule has 136 valence electrons. The maximum atomic E-state index is 4.33. The molecule has 2 rings (SSSR count). The topological polar surface area (TPSA) is 39.7 Å². The van der Waals surface area contributed by atoms with Crippen molar-refractivity contribution in [2.75, 3.05) is 31.6 Å². The molecule has 2 unspecified atom stereocenters. The van der Waals surface area contributed by atoms with Crippen LogP contribution in [0.15, 0.2) is 33.7 Å². The third-order valence-electron chi connectivity index (χ3n) is 4.62. The number of hydrogen-bond acceptors (Lipinski definition) is 2. The molecule has 1 aromatic carbocycles. The zero-order valence-corrected chi connectivity index (χ0v) is 19.0. The number of nitrogens with zero attached hydrogens (tertiary/aromatic N) is 2. The monoisotopic (exact) mass is 508 g/mol. The van der Waals surface area contributed by atoms with Crippen LogP contribution in [0.25, 0.3) is 0 Å². The van der Waals surface area contributed by atoms with Gasteiger partial charge in [0.05, 0.1) is 0 Å². The molecule has 2 atom stereocenters. The highest BCUT2D eigenvalue weighted by molar-refractivity contribution is 14.0. The van der Waals surface area contributed by atoms with Gasteiger partial charge in [-0.05, 0) is 49.4 Å². The van der Waals surface area contributed by atoms with Gasteiger partial charge in [-0.3, -0.25) is 4.99 Å². The Bertz CT molecular complexity index is 518. The molecule has 2 N–H and O–H groups in total. The molecule has 4 nitrogen and oxygen atoms in total. The minimum absolute atomic E-state index is 0. The maximum absolute atomic E-state index is 4.33. The molecule has 0 spiro atoms. The van der Waals surface area contributed by atoms with Gasteiger partial charge in [0.25, 0.3) is 0 Å². The van der Waals surface area contributed by atoms with Crippen LogP contribution in [0.3, 0.4) is 0 Å². The summed E-state index contributed by atoms with van der Waals surface area (Å²) in [4.78, 5) is 6.80. The van der Waals surface area contributed by atoms with E-state index in [0.29, 0.717) is 17.9 Å². The van der Waals surface area contributed by atoms with E-state index in [1.807, 2.05) is 7.05 Å². The Hall–Kier alpha value is -0.500. The van der Waals surface area contributed by atoms with E-state index in [1.165, 1.54) is 12.1 Å². The Balaban J connectivity index is 0.00000288. The molecule has 1 heterocycles. The van der Waals surface area contributed by atoms with Gasteiger partial charge in [-0.2, -0.15) is 0 Å². The van der Waals surface area contributed by atoms with Crippen molar-refractivity contribution in [3.63, 3.8) is 0 Å². The van der Waals surface area contributed by atoms with Crippen molar-refractivity contribution in [1.82, 2.24) is 10.6 Å². The number of anilines is 1. The van der Waals surface area contributed by atoms with Crippen molar-refractivity contribution in [2.24, 2.45) is 16.8 Å². The third-order valence-corrected chi connectivity index (χ3v) is 5.15. The highest BCUT2D eigenvalue weighted by Gasteiger charge is 2.23. The Morgan fingerprint density at radius 1 is 1.29 bits per heavy atom. The fourth-order valence-corrected chi connectivity index (χ4v) is 2.97. The second kappa shape index (κ2) is 10.5. The van der Waals surface area contributed by atoms with E-state index in [0.717, 1.165) is 30.1 Å². The molecular formula is C18H30BrIN4. The third kappa shape index (κ3) is 6.43. The van der Waals surface area contributed by atoms with E-state index in [9.17, 15) is 0 Å². The SMILES string of the molecule is CN=C(NCC1CCN(c2ccc(Br)cc2)C1)NC(C)C(C)C.I. The van der Waals surface area contributed by atoms with Crippen LogP contribution in [0, 0.1) is 11.8 Å². The average Bonchev–Trinajstić information content (AvgIpc) is 3.00. The number of hydrogen-bond donors (Lipinski definition) is 2. The predicted molar refractivity (Wildman–Crippen MR) is 119 cm³/mol. The molecular weight excluding hydrogens is 479 g/mol. The summed E-state index contributed by atoms with van der Waals surface area (Å²) in [5.41, 5.74) is 1.31. The molecule has 6 heteroatoms. The lowest BCUT2D eigenvalue weighted by Crippen LogP contribution is -2.45. The number of guanidine groups is 1. The normalized spacial score (nSPS) is 19.2. The van der Waals surface area contributed by atoms with E-state index in [-0.39, 0.29) is 24.0 Å². The summed E-state index contributed by atoms with van der Waals surface area (Å²) in [5, 5.41) is 6.94. The van der Waals surface area contributed by atoms with E-state index in [1.54, 1.807) is 0 Å². The summed E-state index contributed by atoms with van der Waals surface area (Å²) in [6.45, 7) is 9.84. The Labute approximate surface area is 172 Å². The molecule has 0 aromatic heterocycles. The molecule has 0 saturated carbocycles. The number of nitrogens with one attached hydrogen (secondary N) is 2. The van der Waals surface area contributed by atoms with Crippen LogP contribution in [0.1, 0.15) is 27.2 Å². The quantitative estimate of drug-likeness (QED) is 0.357. The summed E-state index contributed by atoms with van der Waals surface area (Å²) in [7, 11) is 1.84. The molecule has 0 bridgehead atoms. The van der Waals surface area contributed by atoms with Crippen molar-refractivity contribution < 1.29 is 0 Å². The van der Waals surface area contributed by atoms with Crippen molar-refractivity contribution in [3.05, 3.63) is 28.7 Å². The van der Waals surface area contributed by atoms with Crippen LogP contribution < -0.4 is 15.5 Å². The minimum Gasteiger partial charge on any atom is -0.371 e. The van der Waals surface area contributed by atoms with Crippen molar-refractivity contribution in [3.8, 4) is 0 Å². The summed E-state index contributed by atoms with van der Waals surface area (Å²) in [5.74, 6) is 2.16. The first-order valence-electron chi connectivity index (χ1n) is 8.47. The number of benzene rings is 1. The fourth-order valence-electron chi connectivity index (χ4n) is 2.70. The molecule has 1 aliphatic heterocycles. The van der Waals surface area contributed by atoms with Crippen LogP contribution in [0.2, 0.25) is 0 Å². The lowest BCUT2D eigenvalue weighted by Gasteiger charge is -2.22. The van der Waals surface area contributed by atoms with Crippen LogP contribution in [0.5, 0.6) is 0 Å². The molecule has 0 amide bonds. The average molecular weight is 509 g/mol. The molecule has 0 radical (unpaired) electrons. The zero-order chi connectivity index (χ0) is 16.8. The minimum atomic E-state index is 0. The largest absolute Gasteiger partial charge is 0.371 e. The Kier molecular flexibility index (Phi) is 9.41. The van der Waals surface area contributed by atoms with E-state index < -0.39 is 0 Å². The van der Waals surface area contributed by atoms with Crippen LogP contribution in [-0.4, -0.2) is 38.7 Å². The standard InChI is InChI=1S/C18H29BrN4.HI/c1-13(2)14(3)22-18(20-4)21-11-15-9-10-23(12-15)17-7-5-16(19)6-8-17;/h5-8,13-15H,9-12H2,1-4H3,(H2,20,21,22);1H. The van der Waals surface area contributed by atoms with Gasteiger partial charge in [-0.25, -0.2) is 0 Å². The zero-order valence-electron chi connectivity index (χ0n) is 15.1.